The van der Waals surface area contributed by atoms with Crippen LogP contribution in [0.1, 0.15) is 55.6 Å². The molecule has 182 valence electrons. The predicted octanol–water partition coefficient (Wildman–Crippen LogP) is 4.16. The molecule has 4 unspecified atom stereocenters. The van der Waals surface area contributed by atoms with Crippen LogP contribution in [0.2, 0.25) is 0 Å². The minimum atomic E-state index is -0.834. The molecule has 0 radical (unpaired) electrons. The molecule has 2 aliphatic carbocycles. The summed E-state index contributed by atoms with van der Waals surface area (Å²) in [5, 5.41) is 12.5. The summed E-state index contributed by atoms with van der Waals surface area (Å²) < 4.78 is 5.72. The number of rotatable bonds is 6. The Labute approximate surface area is 204 Å². The van der Waals surface area contributed by atoms with E-state index in [1.807, 2.05) is 24.3 Å². The van der Waals surface area contributed by atoms with Gasteiger partial charge in [-0.05, 0) is 60.3 Å². The number of carbonyl (C=O) groups excluding carboxylic acids is 2. The Kier molecular flexibility index (Phi) is 5.50. The third kappa shape index (κ3) is 3.68. The van der Waals surface area contributed by atoms with Crippen molar-refractivity contribution in [2.45, 2.75) is 62.6 Å². The highest BCUT2D eigenvalue weighted by atomic mass is 16.5. The van der Waals surface area contributed by atoms with Gasteiger partial charge in [-0.3, -0.25) is 9.59 Å². The number of nitrogens with zero attached hydrogens (tertiary/aromatic N) is 1. The molecule has 4 aliphatic rings. The zero-order chi connectivity index (χ0) is 24.1. The number of carboxylic acids is 1. The Morgan fingerprint density at radius 1 is 0.971 bits per heavy atom. The summed E-state index contributed by atoms with van der Waals surface area (Å²) in [6.07, 6.45) is 4.27. The van der Waals surface area contributed by atoms with E-state index in [0.29, 0.717) is 6.42 Å². The highest BCUT2D eigenvalue weighted by Gasteiger charge is 2.53. The zero-order valence-corrected chi connectivity index (χ0v) is 19.6. The summed E-state index contributed by atoms with van der Waals surface area (Å²) in [4.78, 5) is 40.0. The van der Waals surface area contributed by atoms with Crippen LogP contribution in [0, 0.1) is 11.8 Å². The van der Waals surface area contributed by atoms with Crippen molar-refractivity contribution in [1.82, 2.24) is 10.2 Å². The number of fused-ring (bicyclic) bond motifs is 5. The van der Waals surface area contributed by atoms with Crippen LogP contribution in [0.3, 0.4) is 0 Å². The van der Waals surface area contributed by atoms with Crippen LogP contribution in [0.15, 0.2) is 48.5 Å². The quantitative estimate of drug-likeness (QED) is 0.656. The second-order valence-corrected chi connectivity index (χ2v) is 10.4. The molecule has 0 aromatic heterocycles. The number of ether oxygens (including phenoxy) is 1. The number of nitrogens with one attached hydrogen (secondary N) is 1. The summed E-state index contributed by atoms with van der Waals surface area (Å²) in [7, 11) is 0. The Balaban J connectivity index is 1.15. The minimum absolute atomic E-state index is 0.0412. The normalized spacial score (nSPS) is 25.5. The van der Waals surface area contributed by atoms with Crippen molar-refractivity contribution >= 4 is 18.0 Å². The Morgan fingerprint density at radius 3 is 2.20 bits per heavy atom. The van der Waals surface area contributed by atoms with Gasteiger partial charge in [-0.15, -0.1) is 0 Å². The fraction of sp³-hybridized carbons (Fsp3) is 0.464. The lowest BCUT2D eigenvalue weighted by Crippen LogP contribution is -2.55. The highest BCUT2D eigenvalue weighted by molar-refractivity contribution is 5.88. The lowest BCUT2D eigenvalue weighted by atomic mass is 9.79. The van der Waals surface area contributed by atoms with Crippen molar-refractivity contribution in [1.29, 1.82) is 0 Å². The van der Waals surface area contributed by atoms with E-state index >= 15 is 0 Å². The molecule has 2 saturated heterocycles. The number of aliphatic carboxylic acids is 1. The molecule has 7 nitrogen and oxygen atoms in total. The molecule has 2 aromatic rings. The fourth-order valence-corrected chi connectivity index (χ4v) is 6.68. The molecule has 0 spiro atoms. The van der Waals surface area contributed by atoms with Gasteiger partial charge in [0.05, 0.1) is 5.92 Å². The Hall–Kier alpha value is -3.35. The molecular formula is C28H30N2O5. The van der Waals surface area contributed by atoms with Crippen LogP contribution in [-0.2, 0) is 14.3 Å². The molecule has 2 heterocycles. The van der Waals surface area contributed by atoms with Gasteiger partial charge in [0.2, 0.25) is 5.91 Å². The van der Waals surface area contributed by atoms with Gasteiger partial charge in [0, 0.05) is 18.0 Å². The SMILES string of the molecule is O=C(NC(C(=O)N1C2CCC1C(C(=O)O)C2)C1CCC1)OCC1c2ccccc2-c2ccccc21. The fourth-order valence-electron chi connectivity index (χ4n) is 6.68. The lowest BCUT2D eigenvalue weighted by Gasteiger charge is -2.36. The number of benzene rings is 2. The molecule has 35 heavy (non-hydrogen) atoms. The zero-order valence-electron chi connectivity index (χ0n) is 19.6. The van der Waals surface area contributed by atoms with Gasteiger partial charge >= 0.3 is 12.1 Å². The molecule has 2 aliphatic heterocycles. The van der Waals surface area contributed by atoms with E-state index in [2.05, 4.69) is 29.6 Å². The van der Waals surface area contributed by atoms with Crippen LogP contribution in [0.5, 0.6) is 0 Å². The monoisotopic (exact) mass is 474 g/mol. The molecule has 7 heteroatoms. The van der Waals surface area contributed by atoms with Crippen LogP contribution >= 0.6 is 0 Å². The van der Waals surface area contributed by atoms with Gasteiger partial charge < -0.3 is 20.1 Å². The summed E-state index contributed by atoms with van der Waals surface area (Å²) >= 11 is 0. The van der Waals surface area contributed by atoms with Crippen LogP contribution in [-0.4, -0.2) is 52.7 Å². The molecule has 1 saturated carbocycles. The molecule has 6 rings (SSSR count). The van der Waals surface area contributed by atoms with Crippen LogP contribution < -0.4 is 5.32 Å². The highest BCUT2D eigenvalue weighted by Crippen LogP contribution is 2.45. The van der Waals surface area contributed by atoms with E-state index in [1.165, 1.54) is 0 Å². The van der Waals surface area contributed by atoms with E-state index in [9.17, 15) is 19.5 Å². The van der Waals surface area contributed by atoms with Crippen LogP contribution in [0.25, 0.3) is 11.1 Å². The van der Waals surface area contributed by atoms with E-state index in [-0.39, 0.29) is 36.4 Å². The molecule has 2 bridgehead atoms. The Morgan fingerprint density at radius 2 is 1.63 bits per heavy atom. The van der Waals surface area contributed by atoms with Crippen LogP contribution in [0.4, 0.5) is 4.79 Å². The third-order valence-electron chi connectivity index (χ3n) is 8.61. The largest absolute Gasteiger partial charge is 0.481 e. The molecule has 4 atom stereocenters. The average Bonchev–Trinajstić information content (AvgIpc) is 3.50. The van der Waals surface area contributed by atoms with Gasteiger partial charge in [0.15, 0.2) is 0 Å². The average molecular weight is 475 g/mol. The van der Waals surface area contributed by atoms with E-state index < -0.39 is 24.0 Å². The second-order valence-electron chi connectivity index (χ2n) is 10.4. The first-order valence-corrected chi connectivity index (χ1v) is 12.7. The van der Waals surface area contributed by atoms with E-state index in [4.69, 9.17) is 4.74 Å². The molecule has 2 aromatic carbocycles. The molecule has 3 fully saturated rings. The molecular weight excluding hydrogens is 444 g/mol. The topological polar surface area (TPSA) is 95.9 Å². The van der Waals surface area contributed by atoms with Crippen molar-refractivity contribution in [2.75, 3.05) is 6.61 Å². The Bertz CT molecular complexity index is 1130. The molecule has 2 N–H and O–H groups in total. The van der Waals surface area contributed by atoms with Crippen molar-refractivity contribution in [3.05, 3.63) is 59.7 Å². The van der Waals surface area contributed by atoms with E-state index in [1.54, 1.807) is 4.90 Å². The standard InChI is InChI=1S/C28H30N2O5/c31-26(30-17-12-13-24(30)22(14-17)27(32)33)25(16-6-5-7-16)29-28(34)35-15-23-20-10-3-1-8-18(20)19-9-2-4-11-21(19)23/h1-4,8-11,16-17,22-25H,5-7,12-15H2,(H,29,34)(H,32,33). The number of hydrogen-bond donors (Lipinski definition) is 2. The summed E-state index contributed by atoms with van der Waals surface area (Å²) in [5.41, 5.74) is 4.61. The first kappa shape index (κ1) is 22.1. The van der Waals surface area contributed by atoms with Crippen molar-refractivity contribution < 1.29 is 24.2 Å². The summed E-state index contributed by atoms with van der Waals surface area (Å²) in [6.45, 7) is 0.196. The van der Waals surface area contributed by atoms with E-state index in [0.717, 1.165) is 54.4 Å². The van der Waals surface area contributed by atoms with Gasteiger partial charge in [-0.2, -0.15) is 0 Å². The molecule has 2 amide bonds. The third-order valence-corrected chi connectivity index (χ3v) is 8.61. The number of hydrogen-bond acceptors (Lipinski definition) is 4. The van der Waals surface area contributed by atoms with Crippen molar-refractivity contribution in [3.8, 4) is 11.1 Å². The smallest absolute Gasteiger partial charge is 0.407 e. The second kappa shape index (κ2) is 8.70. The first-order valence-electron chi connectivity index (χ1n) is 12.7. The summed E-state index contributed by atoms with van der Waals surface area (Å²) in [6, 6.07) is 15.4. The van der Waals surface area contributed by atoms with Gasteiger partial charge in [-0.1, -0.05) is 55.0 Å². The predicted molar refractivity (Wildman–Crippen MR) is 129 cm³/mol. The number of carboxylic acid groups (broad SMARTS) is 1. The maximum atomic E-state index is 13.6. The maximum Gasteiger partial charge on any atom is 0.407 e. The number of alkyl carbamates (subject to hydrolysis) is 1. The van der Waals surface area contributed by atoms with Gasteiger partial charge in [-0.25, -0.2) is 4.79 Å². The van der Waals surface area contributed by atoms with Crippen molar-refractivity contribution in [3.63, 3.8) is 0 Å². The first-order chi connectivity index (χ1) is 17.0. The lowest BCUT2D eigenvalue weighted by molar-refractivity contribution is -0.143. The maximum absolute atomic E-state index is 13.6. The van der Waals surface area contributed by atoms with Crippen molar-refractivity contribution in [2.24, 2.45) is 11.8 Å². The minimum Gasteiger partial charge on any atom is -0.481 e. The van der Waals surface area contributed by atoms with Gasteiger partial charge in [0.1, 0.15) is 12.6 Å². The number of amides is 2. The summed E-state index contributed by atoms with van der Waals surface area (Å²) in [5.74, 6) is -1.45. The van der Waals surface area contributed by atoms with Gasteiger partial charge in [0.25, 0.3) is 0 Å². The number of carbonyl (C=O) groups is 3.